The summed E-state index contributed by atoms with van der Waals surface area (Å²) in [6, 6.07) is 50.1. The summed E-state index contributed by atoms with van der Waals surface area (Å²) in [4.78, 5) is 89.7. The lowest BCUT2D eigenvalue weighted by molar-refractivity contribution is -0.123. The van der Waals surface area contributed by atoms with Crippen LogP contribution in [-0.4, -0.2) is 99.2 Å². The van der Waals surface area contributed by atoms with E-state index in [1.54, 1.807) is 42.5 Å². The van der Waals surface area contributed by atoms with Crippen molar-refractivity contribution in [2.45, 2.75) is 103 Å². The minimum atomic E-state index is -0.846. The Bertz CT molecular complexity index is 5040. The average Bonchev–Trinajstić information content (AvgIpc) is 1.81. The van der Waals surface area contributed by atoms with Crippen LogP contribution < -0.4 is 16.0 Å². The smallest absolute Gasteiger partial charge is 0.341 e. The fourth-order valence-corrected chi connectivity index (χ4v) is 14.9. The number of methoxy groups -OCH3 is 3. The van der Waals surface area contributed by atoms with Crippen LogP contribution in [0.5, 0.6) is 0 Å². The van der Waals surface area contributed by atoms with Gasteiger partial charge >= 0.3 is 17.9 Å². The van der Waals surface area contributed by atoms with Crippen LogP contribution in [0.3, 0.4) is 0 Å². The molecule has 0 radical (unpaired) electrons. The van der Waals surface area contributed by atoms with Gasteiger partial charge in [-0.05, 0) is 199 Å². The molecular formula is C94H93F6N5O10. The van der Waals surface area contributed by atoms with E-state index in [-0.39, 0.29) is 106 Å². The number of aldehydes is 1. The fourth-order valence-electron chi connectivity index (χ4n) is 14.9. The van der Waals surface area contributed by atoms with Gasteiger partial charge in [-0.25, -0.2) is 40.7 Å². The molecule has 9 aromatic carbocycles. The molecule has 115 heavy (non-hydrogen) atoms. The maximum atomic E-state index is 14.9. The minimum Gasteiger partial charge on any atom is -0.465 e. The van der Waals surface area contributed by atoms with Gasteiger partial charge in [0.2, 0.25) is 17.7 Å². The number of esters is 3. The molecule has 0 bridgehead atoms. The number of hydrogen-bond donors (Lipinski definition) is 3. The Labute approximate surface area is 666 Å². The topological polar surface area (TPSA) is 190 Å². The van der Waals surface area contributed by atoms with Gasteiger partial charge in [-0.15, -0.1) is 0 Å². The van der Waals surface area contributed by atoms with E-state index in [1.807, 2.05) is 24.3 Å². The van der Waals surface area contributed by atoms with E-state index in [4.69, 9.17) is 0 Å². The Morgan fingerprint density at radius 1 is 0.391 bits per heavy atom. The molecule has 21 heteroatoms. The standard InChI is InChI=1S/C33H36F2N2O3.C33H34F2N2O3.C28H23F2NO4/c2*1-40-33(39)31-27(6-5-7-29(31)34)25-14-15-26(30(35)19-25)20-36-32(38)28-18-24(28)13-12-22-8-10-23(11-9-22)21-37-16-3-2-4-17-37;1-35-28(34)26-22(3-2-4-24(26)29)20-11-12-21(25(30)14-20)15-31-27(33)23-13-19(23)10-9-17-5-7-18(16-32)8-6-17/h5-11,14-15,19,24,28H,2-4,12-13,16-18,20-21H2,1H3,(H,36,38);5-15,19,24,28H,2-4,16-18,20-21H2,1H3,(H,36,38);2-12,14,16,19,23H,13,15H2,1H3,(H,31,33). The Morgan fingerprint density at radius 2 is 0.730 bits per heavy atom. The second-order valence-electron chi connectivity index (χ2n) is 29.9. The fraction of sp³-hybridized carbons (Fsp3) is 0.309. The maximum absolute atomic E-state index is 14.9. The van der Waals surface area contributed by atoms with Crippen molar-refractivity contribution < 1.29 is 74.1 Å². The lowest BCUT2D eigenvalue weighted by Gasteiger charge is -2.26. The van der Waals surface area contributed by atoms with Gasteiger partial charge in [0.1, 0.15) is 57.9 Å². The molecule has 3 aliphatic carbocycles. The summed E-state index contributed by atoms with van der Waals surface area (Å²) >= 11 is 0. The van der Waals surface area contributed by atoms with Crippen LogP contribution in [0.15, 0.2) is 194 Å². The molecule has 2 heterocycles. The molecule has 5 aliphatic rings. The lowest BCUT2D eigenvalue weighted by atomic mass is 9.98. The van der Waals surface area contributed by atoms with Gasteiger partial charge in [0, 0.05) is 72.7 Å². The van der Waals surface area contributed by atoms with E-state index in [0.29, 0.717) is 45.7 Å². The molecular weight excluding hydrogens is 1470 g/mol. The van der Waals surface area contributed by atoms with Crippen LogP contribution >= 0.6 is 0 Å². The van der Waals surface area contributed by atoms with Gasteiger partial charge in [-0.2, -0.15) is 0 Å². The number of amides is 3. The molecule has 15 nitrogen and oxygen atoms in total. The van der Waals surface area contributed by atoms with E-state index >= 15 is 0 Å². The number of ether oxygens (including phenoxy) is 3. The number of hydrogen-bond acceptors (Lipinski definition) is 12. The number of nitrogens with zero attached hydrogens (tertiary/aromatic N) is 2. The van der Waals surface area contributed by atoms with Gasteiger partial charge in [0.25, 0.3) is 0 Å². The van der Waals surface area contributed by atoms with Crippen molar-refractivity contribution in [1.82, 2.24) is 25.8 Å². The first-order valence-electron chi connectivity index (χ1n) is 39.1. The number of aryl methyl sites for hydroxylation is 1. The van der Waals surface area contributed by atoms with Gasteiger partial charge in [0.05, 0.1) is 21.3 Å². The zero-order valence-corrected chi connectivity index (χ0v) is 64.6. The van der Waals surface area contributed by atoms with E-state index in [9.17, 15) is 59.9 Å². The van der Waals surface area contributed by atoms with Crippen molar-refractivity contribution in [3.05, 3.63) is 296 Å². The third kappa shape index (κ3) is 22.3. The van der Waals surface area contributed by atoms with Crippen LogP contribution in [0, 0.1) is 70.4 Å². The first kappa shape index (κ1) is 82.9. The molecule has 5 fully saturated rings. The van der Waals surface area contributed by atoms with Crippen molar-refractivity contribution in [3.8, 4) is 33.4 Å². The summed E-state index contributed by atoms with van der Waals surface area (Å²) in [5.41, 5.74) is 8.55. The van der Waals surface area contributed by atoms with Crippen LogP contribution in [0.1, 0.15) is 150 Å². The summed E-state index contributed by atoms with van der Waals surface area (Å²) in [6.07, 6.45) is 20.9. The van der Waals surface area contributed by atoms with Crippen LogP contribution in [0.25, 0.3) is 45.5 Å². The number of carbonyl (C=O) groups is 7. The van der Waals surface area contributed by atoms with Gasteiger partial charge in [-0.1, -0.05) is 183 Å². The quantitative estimate of drug-likeness (QED) is 0.0191. The highest BCUT2D eigenvalue weighted by molar-refractivity contribution is 5.99. The summed E-state index contributed by atoms with van der Waals surface area (Å²) in [5, 5.41) is 8.46. The number of allylic oxidation sites excluding steroid dienone is 2. The molecule has 3 saturated carbocycles. The highest BCUT2D eigenvalue weighted by Crippen LogP contribution is 2.44. The minimum absolute atomic E-state index is 0.0120. The number of benzene rings is 9. The van der Waals surface area contributed by atoms with Crippen molar-refractivity contribution >= 4 is 54.1 Å². The predicted molar refractivity (Wildman–Crippen MR) is 429 cm³/mol. The molecule has 0 aromatic heterocycles. The first-order valence-corrected chi connectivity index (χ1v) is 39.1. The number of nitrogens with one attached hydrogen (secondary N) is 3. The van der Waals surface area contributed by atoms with Crippen molar-refractivity contribution in [2.24, 2.45) is 35.5 Å². The second-order valence-corrected chi connectivity index (χ2v) is 29.9. The largest absolute Gasteiger partial charge is 0.465 e. The van der Waals surface area contributed by atoms with E-state index in [1.165, 1.54) is 156 Å². The van der Waals surface area contributed by atoms with Crippen molar-refractivity contribution in [3.63, 3.8) is 0 Å². The number of halogens is 6. The van der Waals surface area contributed by atoms with Crippen LogP contribution in [0.2, 0.25) is 0 Å². The van der Waals surface area contributed by atoms with Crippen LogP contribution in [-0.2, 0) is 67.7 Å². The summed E-state index contributed by atoms with van der Waals surface area (Å²) in [7, 11) is 3.49. The summed E-state index contributed by atoms with van der Waals surface area (Å²) in [5.74, 6) is -6.38. The highest BCUT2D eigenvalue weighted by atomic mass is 19.1. The molecule has 6 atom stereocenters. The maximum Gasteiger partial charge on any atom is 0.341 e. The molecule has 596 valence electrons. The van der Waals surface area contributed by atoms with Gasteiger partial charge in [0.15, 0.2) is 0 Å². The molecule has 6 unspecified atom stereocenters. The zero-order valence-electron chi connectivity index (χ0n) is 64.6. The van der Waals surface area contributed by atoms with E-state index in [0.717, 1.165) is 81.5 Å². The molecule has 2 saturated heterocycles. The first-order chi connectivity index (χ1) is 55.8. The molecule has 0 spiro atoms. The summed E-state index contributed by atoms with van der Waals surface area (Å²) < 4.78 is 101. The number of rotatable bonds is 27. The molecule has 2 aliphatic heterocycles. The average molecular weight is 1570 g/mol. The third-order valence-corrected chi connectivity index (χ3v) is 21.9. The Kier molecular flexibility index (Phi) is 28.4. The lowest BCUT2D eigenvalue weighted by Crippen LogP contribution is -2.29. The highest BCUT2D eigenvalue weighted by Gasteiger charge is 2.43. The number of likely N-dealkylation sites (tertiary alicyclic amines) is 2. The molecule has 3 N–H and O–H groups in total. The molecule has 3 amide bonds. The van der Waals surface area contributed by atoms with E-state index < -0.39 is 52.8 Å². The molecule has 9 aromatic rings. The van der Waals surface area contributed by atoms with Crippen LogP contribution in [0.4, 0.5) is 26.3 Å². The third-order valence-electron chi connectivity index (χ3n) is 21.9. The second kappa shape index (κ2) is 39.5. The van der Waals surface area contributed by atoms with Crippen molar-refractivity contribution in [1.29, 1.82) is 0 Å². The normalized spacial score (nSPS) is 18.2. The monoisotopic (exact) mass is 1570 g/mol. The van der Waals surface area contributed by atoms with Crippen molar-refractivity contribution in [2.75, 3.05) is 47.5 Å². The summed E-state index contributed by atoms with van der Waals surface area (Å²) in [6.45, 7) is 6.89. The Morgan fingerprint density at radius 3 is 1.09 bits per heavy atom. The predicted octanol–water partition coefficient (Wildman–Crippen LogP) is 17.9. The van der Waals surface area contributed by atoms with Gasteiger partial charge < -0.3 is 30.2 Å². The number of carbonyl (C=O) groups excluding carboxylic acids is 7. The zero-order chi connectivity index (χ0) is 81.1. The van der Waals surface area contributed by atoms with E-state index in [2.05, 4.69) is 101 Å². The Balaban J connectivity index is 0.000000160. The Hall–Kier alpha value is -11.6. The SMILES string of the molecule is COC(=O)c1c(F)cccc1-c1ccc(CNC(=O)C2CC2C=Cc2ccc(C=O)cc2)c(F)c1.COC(=O)c1c(F)cccc1-c1ccc(CNC(=O)C2CC2C=Cc2ccc(CN3CCCCC3)cc2)c(F)c1.COC(=O)c1c(F)cccc1-c1ccc(CNC(=O)C2CC2CCc2ccc(CN3CCCCC3)cc2)c(F)c1. The molecule has 14 rings (SSSR count). The van der Waals surface area contributed by atoms with Gasteiger partial charge in [-0.3, -0.25) is 29.0 Å². The number of piperidine rings is 2.